The number of hydrogen-bond acceptors (Lipinski definition) is 6. The van der Waals surface area contributed by atoms with E-state index in [1.807, 2.05) is 23.1 Å². The first-order chi connectivity index (χ1) is 19.2. The molecule has 0 bridgehead atoms. The topological polar surface area (TPSA) is 85.4 Å². The van der Waals surface area contributed by atoms with Crippen LogP contribution in [0.3, 0.4) is 0 Å². The monoisotopic (exact) mass is 586 g/mol. The van der Waals surface area contributed by atoms with Gasteiger partial charge in [-0.1, -0.05) is 41.4 Å². The van der Waals surface area contributed by atoms with Crippen molar-refractivity contribution in [2.24, 2.45) is 0 Å². The van der Waals surface area contributed by atoms with E-state index < -0.39 is 17.7 Å². The number of carbonyl (C=O) groups excluding carboxylic acids is 3. The normalized spacial score (nSPS) is 20.8. The maximum atomic E-state index is 13.4. The summed E-state index contributed by atoms with van der Waals surface area (Å²) in [5.74, 6) is -1.76. The number of allylic oxidation sites excluding steroid dienone is 1. The van der Waals surface area contributed by atoms with Crippen LogP contribution in [-0.4, -0.2) is 66.3 Å². The minimum Gasteiger partial charge on any atom is -0.463 e. The molecule has 8 nitrogen and oxygen atoms in total. The number of piperidine rings is 1. The highest BCUT2D eigenvalue weighted by molar-refractivity contribution is 6.42. The van der Waals surface area contributed by atoms with Crippen LogP contribution >= 0.6 is 23.2 Å². The van der Waals surface area contributed by atoms with Crippen molar-refractivity contribution in [3.05, 3.63) is 80.5 Å². The molecule has 2 amide bonds. The predicted octanol–water partition coefficient (Wildman–Crippen LogP) is 5.33. The fourth-order valence-electron chi connectivity index (χ4n) is 5.69. The molecule has 5 rings (SSSR count). The summed E-state index contributed by atoms with van der Waals surface area (Å²) >= 11 is 12.4. The first-order valence-electron chi connectivity index (χ1n) is 13.5. The van der Waals surface area contributed by atoms with Crippen LogP contribution in [0.1, 0.15) is 60.5 Å². The Morgan fingerprint density at radius 3 is 2.45 bits per heavy atom. The highest BCUT2D eigenvalue weighted by Crippen LogP contribution is 2.39. The van der Waals surface area contributed by atoms with Gasteiger partial charge in [-0.15, -0.1) is 0 Å². The molecule has 2 aromatic carbocycles. The van der Waals surface area contributed by atoms with E-state index in [1.54, 1.807) is 43.0 Å². The van der Waals surface area contributed by atoms with Gasteiger partial charge in [0.1, 0.15) is 0 Å². The average molecular weight is 588 g/mol. The van der Waals surface area contributed by atoms with E-state index >= 15 is 0 Å². The van der Waals surface area contributed by atoms with Crippen LogP contribution in [0.5, 0.6) is 0 Å². The number of ether oxygens (including phenoxy) is 3. The Labute approximate surface area is 243 Å². The Morgan fingerprint density at radius 1 is 1.05 bits per heavy atom. The van der Waals surface area contributed by atoms with Crippen LogP contribution in [0, 0.1) is 0 Å². The van der Waals surface area contributed by atoms with Crippen molar-refractivity contribution in [3.8, 4) is 0 Å². The van der Waals surface area contributed by atoms with E-state index in [0.717, 1.165) is 5.56 Å². The molecule has 0 N–H and O–H groups in total. The Kier molecular flexibility index (Phi) is 8.52. The third-order valence-corrected chi connectivity index (χ3v) is 8.54. The van der Waals surface area contributed by atoms with Crippen molar-refractivity contribution in [3.63, 3.8) is 0 Å². The van der Waals surface area contributed by atoms with Crippen LogP contribution in [0.4, 0.5) is 0 Å². The van der Waals surface area contributed by atoms with Crippen molar-refractivity contribution in [1.82, 2.24) is 9.80 Å². The van der Waals surface area contributed by atoms with E-state index in [9.17, 15) is 14.4 Å². The predicted molar refractivity (Wildman–Crippen MR) is 150 cm³/mol. The Bertz CT molecular complexity index is 1340. The van der Waals surface area contributed by atoms with E-state index in [-0.39, 0.29) is 31.4 Å². The summed E-state index contributed by atoms with van der Waals surface area (Å²) in [7, 11) is 0. The number of amides is 2. The summed E-state index contributed by atoms with van der Waals surface area (Å²) in [6.45, 7) is 6.19. The third kappa shape index (κ3) is 5.77. The van der Waals surface area contributed by atoms with Crippen molar-refractivity contribution >= 4 is 41.0 Å². The van der Waals surface area contributed by atoms with Gasteiger partial charge in [0, 0.05) is 49.5 Å². The van der Waals surface area contributed by atoms with Crippen LogP contribution in [0.15, 0.2) is 53.7 Å². The fourth-order valence-corrected chi connectivity index (χ4v) is 6.00. The minimum absolute atomic E-state index is 0.0705. The van der Waals surface area contributed by atoms with Crippen molar-refractivity contribution in [2.75, 3.05) is 32.9 Å². The highest BCUT2D eigenvalue weighted by Gasteiger charge is 2.41. The van der Waals surface area contributed by atoms with Gasteiger partial charge in [0.25, 0.3) is 5.91 Å². The standard InChI is InChI=1S/C30H32Cl2N2O6/c1-3-38-29(37)27-19(2)34(26(35)17-23(27)21-7-8-24(31)25(32)16-21)18-20-5-4-6-22(15-20)28(36)33-11-9-30(10-12-33)39-13-14-40-30/h4-8,15-16,23H,3,9-14,17-18H2,1-2H3. The lowest BCUT2D eigenvalue weighted by molar-refractivity contribution is -0.181. The minimum atomic E-state index is -0.553. The molecule has 2 fully saturated rings. The number of carbonyl (C=O) groups is 3. The number of halogens is 2. The van der Waals surface area contributed by atoms with Gasteiger partial charge in [0.05, 0.1) is 42.0 Å². The van der Waals surface area contributed by atoms with E-state index in [4.69, 9.17) is 37.4 Å². The van der Waals surface area contributed by atoms with Gasteiger partial charge in [-0.3, -0.25) is 9.59 Å². The summed E-state index contributed by atoms with van der Waals surface area (Å²) < 4.78 is 16.9. The molecule has 1 spiro atoms. The zero-order chi connectivity index (χ0) is 28.4. The molecule has 1 atom stereocenters. The second-order valence-electron chi connectivity index (χ2n) is 10.2. The maximum Gasteiger partial charge on any atom is 0.336 e. The van der Waals surface area contributed by atoms with Crippen LogP contribution in [0.2, 0.25) is 10.0 Å². The SMILES string of the molecule is CCOC(=O)C1=C(C)N(Cc2cccc(C(=O)N3CCC4(CC3)OCCO4)c2)C(=O)CC1c1ccc(Cl)c(Cl)c1. The molecule has 1 unspecified atom stereocenters. The molecule has 0 radical (unpaired) electrons. The number of nitrogens with zero attached hydrogens (tertiary/aromatic N) is 2. The smallest absolute Gasteiger partial charge is 0.336 e. The van der Waals surface area contributed by atoms with Crippen molar-refractivity contribution in [2.45, 2.75) is 51.4 Å². The summed E-state index contributed by atoms with van der Waals surface area (Å²) in [5, 5.41) is 0.745. The summed E-state index contributed by atoms with van der Waals surface area (Å²) in [6.07, 6.45) is 1.35. The number of benzene rings is 2. The number of likely N-dealkylation sites (tertiary alicyclic amines) is 1. The molecule has 40 heavy (non-hydrogen) atoms. The van der Waals surface area contributed by atoms with E-state index in [2.05, 4.69) is 0 Å². The van der Waals surface area contributed by atoms with Crippen LogP contribution < -0.4 is 0 Å². The molecular formula is C30H32Cl2N2O6. The zero-order valence-corrected chi connectivity index (χ0v) is 24.1. The maximum absolute atomic E-state index is 13.4. The van der Waals surface area contributed by atoms with Gasteiger partial charge in [0.2, 0.25) is 5.91 Å². The highest BCUT2D eigenvalue weighted by atomic mass is 35.5. The number of esters is 1. The summed E-state index contributed by atoms with van der Waals surface area (Å²) in [6, 6.07) is 12.4. The molecule has 3 aliphatic heterocycles. The zero-order valence-electron chi connectivity index (χ0n) is 22.6. The molecule has 3 heterocycles. The number of rotatable bonds is 6. The lowest BCUT2D eigenvalue weighted by Crippen LogP contribution is -2.47. The first-order valence-corrected chi connectivity index (χ1v) is 14.3. The van der Waals surface area contributed by atoms with Gasteiger partial charge in [-0.2, -0.15) is 0 Å². The first kappa shape index (κ1) is 28.6. The average Bonchev–Trinajstić information content (AvgIpc) is 3.40. The Balaban J connectivity index is 1.37. The van der Waals surface area contributed by atoms with Gasteiger partial charge in [-0.05, 0) is 49.2 Å². The van der Waals surface area contributed by atoms with Crippen molar-refractivity contribution < 1.29 is 28.6 Å². The molecular weight excluding hydrogens is 555 g/mol. The Morgan fingerprint density at radius 2 is 1.77 bits per heavy atom. The number of hydrogen-bond donors (Lipinski definition) is 0. The van der Waals surface area contributed by atoms with Crippen molar-refractivity contribution in [1.29, 1.82) is 0 Å². The van der Waals surface area contributed by atoms with E-state index in [0.29, 0.717) is 71.6 Å². The quantitative estimate of drug-likeness (QED) is 0.425. The molecule has 0 saturated carbocycles. The van der Waals surface area contributed by atoms with Crippen LogP contribution in [-0.2, 0) is 30.3 Å². The third-order valence-electron chi connectivity index (χ3n) is 7.80. The van der Waals surface area contributed by atoms with Gasteiger partial charge >= 0.3 is 5.97 Å². The molecule has 10 heteroatoms. The molecule has 212 valence electrons. The van der Waals surface area contributed by atoms with Gasteiger partial charge < -0.3 is 24.0 Å². The molecule has 0 aliphatic carbocycles. The van der Waals surface area contributed by atoms with Gasteiger partial charge in [-0.25, -0.2) is 4.79 Å². The lowest BCUT2D eigenvalue weighted by Gasteiger charge is -2.37. The molecule has 0 aromatic heterocycles. The Hall–Kier alpha value is -2.91. The second kappa shape index (κ2) is 11.9. The largest absolute Gasteiger partial charge is 0.463 e. The van der Waals surface area contributed by atoms with E-state index in [1.165, 1.54) is 0 Å². The lowest BCUT2D eigenvalue weighted by atomic mass is 9.83. The van der Waals surface area contributed by atoms with Gasteiger partial charge in [0.15, 0.2) is 5.79 Å². The summed E-state index contributed by atoms with van der Waals surface area (Å²) in [4.78, 5) is 43.3. The van der Waals surface area contributed by atoms with Crippen LogP contribution in [0.25, 0.3) is 0 Å². The fraction of sp³-hybridized carbons (Fsp3) is 0.433. The molecule has 2 saturated heterocycles. The summed E-state index contributed by atoms with van der Waals surface area (Å²) in [5.41, 5.74) is 2.97. The second-order valence-corrected chi connectivity index (χ2v) is 11.0. The molecule has 3 aliphatic rings. The molecule has 2 aromatic rings.